The van der Waals surface area contributed by atoms with Gasteiger partial charge in [0.25, 0.3) is 5.91 Å². The Balaban J connectivity index is 2.04. The van der Waals surface area contributed by atoms with Crippen molar-refractivity contribution in [3.05, 3.63) is 23.9 Å². The molecule has 21 heavy (non-hydrogen) atoms. The van der Waals surface area contributed by atoms with Crippen molar-refractivity contribution >= 4 is 21.6 Å². The van der Waals surface area contributed by atoms with Crippen LogP contribution < -0.4 is 10.2 Å². The zero-order valence-electron chi connectivity index (χ0n) is 12.4. The lowest BCUT2D eigenvalue weighted by Crippen LogP contribution is -2.45. The third-order valence-corrected chi connectivity index (χ3v) is 5.73. The summed E-state index contributed by atoms with van der Waals surface area (Å²) in [5.41, 5.74) is 0.518. The highest BCUT2D eigenvalue weighted by Gasteiger charge is 2.29. The Labute approximate surface area is 125 Å². The molecule has 1 aromatic rings. The number of carbonyl (C=O) groups excluding carboxylic acids is 1. The van der Waals surface area contributed by atoms with E-state index in [1.165, 1.54) is 6.20 Å². The van der Waals surface area contributed by atoms with E-state index in [4.69, 9.17) is 0 Å². The summed E-state index contributed by atoms with van der Waals surface area (Å²) in [6.45, 7) is 5.24. The summed E-state index contributed by atoms with van der Waals surface area (Å²) in [6.07, 6.45) is 2.42. The molecule has 1 saturated heterocycles. The van der Waals surface area contributed by atoms with Crippen LogP contribution >= 0.6 is 0 Å². The number of amides is 1. The molecule has 0 radical (unpaired) electrons. The van der Waals surface area contributed by atoms with E-state index in [0.717, 1.165) is 6.42 Å². The molecule has 2 rings (SSSR count). The van der Waals surface area contributed by atoms with Gasteiger partial charge in [0.05, 0.1) is 16.6 Å². The third kappa shape index (κ3) is 3.72. The van der Waals surface area contributed by atoms with Crippen LogP contribution in [0.3, 0.4) is 0 Å². The third-order valence-electron chi connectivity index (χ3n) is 3.61. The van der Waals surface area contributed by atoms with E-state index in [0.29, 0.717) is 31.0 Å². The van der Waals surface area contributed by atoms with Crippen molar-refractivity contribution in [3.63, 3.8) is 0 Å². The predicted octanol–water partition coefficient (Wildman–Crippen LogP) is 0.845. The van der Waals surface area contributed by atoms with Gasteiger partial charge in [-0.2, -0.15) is 0 Å². The number of rotatable bonds is 4. The van der Waals surface area contributed by atoms with Gasteiger partial charge in [-0.15, -0.1) is 0 Å². The highest BCUT2D eigenvalue weighted by atomic mass is 32.2. The summed E-state index contributed by atoms with van der Waals surface area (Å²) >= 11 is 0. The lowest BCUT2D eigenvalue weighted by atomic mass is 10.2. The van der Waals surface area contributed by atoms with E-state index >= 15 is 0 Å². The maximum atomic E-state index is 11.8. The van der Waals surface area contributed by atoms with Crippen LogP contribution in [-0.2, 0) is 9.84 Å². The Hall–Kier alpha value is -1.63. The number of nitrogens with one attached hydrogen (secondary N) is 1. The van der Waals surface area contributed by atoms with Crippen LogP contribution in [0.5, 0.6) is 0 Å². The standard InChI is InChI=1S/C14H21N3O3S/c1-3-6-15-14(18)12-4-5-13(16-9-12)17-7-8-21(19,20)11(2)10-17/h4-5,9,11H,3,6-8,10H2,1-2H3,(H,15,18). The van der Waals surface area contributed by atoms with Gasteiger partial charge in [0, 0.05) is 25.8 Å². The summed E-state index contributed by atoms with van der Waals surface area (Å²) in [6, 6.07) is 3.49. The van der Waals surface area contributed by atoms with Crippen LogP contribution in [0, 0.1) is 0 Å². The van der Waals surface area contributed by atoms with Gasteiger partial charge in [0.1, 0.15) is 5.82 Å². The molecule has 0 saturated carbocycles. The number of anilines is 1. The second kappa shape index (κ2) is 6.43. The summed E-state index contributed by atoms with van der Waals surface area (Å²) in [4.78, 5) is 18.0. The second-order valence-corrected chi connectivity index (χ2v) is 7.82. The largest absolute Gasteiger partial charge is 0.354 e. The number of hydrogen-bond acceptors (Lipinski definition) is 5. The first kappa shape index (κ1) is 15.8. The topological polar surface area (TPSA) is 79.4 Å². The Morgan fingerprint density at radius 1 is 1.48 bits per heavy atom. The zero-order chi connectivity index (χ0) is 15.5. The van der Waals surface area contributed by atoms with Gasteiger partial charge in [-0.05, 0) is 25.5 Å². The fourth-order valence-corrected chi connectivity index (χ4v) is 3.49. The summed E-state index contributed by atoms with van der Waals surface area (Å²) < 4.78 is 23.4. The molecule has 2 heterocycles. The van der Waals surface area contributed by atoms with Crippen molar-refractivity contribution in [1.82, 2.24) is 10.3 Å². The van der Waals surface area contributed by atoms with Crippen LogP contribution in [0.15, 0.2) is 18.3 Å². The van der Waals surface area contributed by atoms with Crippen LogP contribution in [0.25, 0.3) is 0 Å². The van der Waals surface area contributed by atoms with Crippen molar-refractivity contribution < 1.29 is 13.2 Å². The molecule has 7 heteroatoms. The second-order valence-electron chi connectivity index (χ2n) is 5.28. The molecule has 1 atom stereocenters. The van der Waals surface area contributed by atoms with Gasteiger partial charge in [0.2, 0.25) is 0 Å². The molecule has 1 aliphatic rings. The normalized spacial score (nSPS) is 21.0. The molecule has 0 bridgehead atoms. The molecule has 1 aromatic heterocycles. The average molecular weight is 311 g/mol. The van der Waals surface area contributed by atoms with Crippen molar-refractivity contribution in [2.75, 3.05) is 30.3 Å². The quantitative estimate of drug-likeness (QED) is 0.891. The maximum Gasteiger partial charge on any atom is 0.252 e. The van der Waals surface area contributed by atoms with Gasteiger partial charge in [-0.1, -0.05) is 6.92 Å². The van der Waals surface area contributed by atoms with Crippen LogP contribution in [0.4, 0.5) is 5.82 Å². The van der Waals surface area contributed by atoms with Gasteiger partial charge in [-0.25, -0.2) is 13.4 Å². The van der Waals surface area contributed by atoms with Gasteiger partial charge < -0.3 is 10.2 Å². The molecule has 116 valence electrons. The van der Waals surface area contributed by atoms with Gasteiger partial charge in [0.15, 0.2) is 9.84 Å². The van der Waals surface area contributed by atoms with Crippen molar-refractivity contribution in [1.29, 1.82) is 0 Å². The Kier molecular flexibility index (Phi) is 4.82. The minimum atomic E-state index is -2.97. The molecule has 1 fully saturated rings. The first-order valence-corrected chi connectivity index (χ1v) is 8.86. The molecule has 0 aliphatic carbocycles. The maximum absolute atomic E-state index is 11.8. The fraction of sp³-hybridized carbons (Fsp3) is 0.571. The number of pyridine rings is 1. The van der Waals surface area contributed by atoms with E-state index in [1.807, 2.05) is 11.8 Å². The van der Waals surface area contributed by atoms with E-state index in [2.05, 4.69) is 10.3 Å². The minimum Gasteiger partial charge on any atom is -0.354 e. The SMILES string of the molecule is CCCNC(=O)c1ccc(N2CCS(=O)(=O)C(C)C2)nc1. The molecule has 1 unspecified atom stereocenters. The van der Waals surface area contributed by atoms with E-state index in [9.17, 15) is 13.2 Å². The lowest BCUT2D eigenvalue weighted by Gasteiger charge is -2.31. The first-order chi connectivity index (χ1) is 9.94. The monoisotopic (exact) mass is 311 g/mol. The molecule has 1 amide bonds. The minimum absolute atomic E-state index is 0.134. The molecular formula is C14H21N3O3S. The Bertz CT molecular complexity index is 598. The molecular weight excluding hydrogens is 290 g/mol. The molecule has 0 spiro atoms. The number of aromatic nitrogens is 1. The average Bonchev–Trinajstić information content (AvgIpc) is 2.48. The van der Waals surface area contributed by atoms with E-state index in [-0.39, 0.29) is 16.9 Å². The molecule has 6 nitrogen and oxygen atoms in total. The summed E-state index contributed by atoms with van der Waals surface area (Å²) in [5.74, 6) is 0.725. The van der Waals surface area contributed by atoms with Crippen LogP contribution in [0.2, 0.25) is 0 Å². The number of hydrogen-bond donors (Lipinski definition) is 1. The van der Waals surface area contributed by atoms with Crippen molar-refractivity contribution in [2.45, 2.75) is 25.5 Å². The number of sulfone groups is 1. The highest BCUT2D eigenvalue weighted by molar-refractivity contribution is 7.92. The van der Waals surface area contributed by atoms with Gasteiger partial charge >= 0.3 is 0 Å². The predicted molar refractivity (Wildman–Crippen MR) is 82.3 cm³/mol. The molecule has 1 N–H and O–H groups in total. The first-order valence-electron chi connectivity index (χ1n) is 7.15. The lowest BCUT2D eigenvalue weighted by molar-refractivity contribution is 0.0953. The van der Waals surface area contributed by atoms with Crippen LogP contribution in [0.1, 0.15) is 30.6 Å². The summed E-state index contributed by atoms with van der Waals surface area (Å²) in [7, 11) is -2.97. The fourth-order valence-electron chi connectivity index (χ4n) is 2.21. The summed E-state index contributed by atoms with van der Waals surface area (Å²) in [5, 5.41) is 2.41. The van der Waals surface area contributed by atoms with Crippen molar-refractivity contribution in [2.24, 2.45) is 0 Å². The Morgan fingerprint density at radius 3 is 2.81 bits per heavy atom. The Morgan fingerprint density at radius 2 is 2.24 bits per heavy atom. The van der Waals surface area contributed by atoms with Crippen molar-refractivity contribution in [3.8, 4) is 0 Å². The van der Waals surface area contributed by atoms with Gasteiger partial charge in [-0.3, -0.25) is 4.79 Å². The smallest absolute Gasteiger partial charge is 0.252 e. The molecule has 0 aromatic carbocycles. The molecule has 1 aliphatic heterocycles. The zero-order valence-corrected chi connectivity index (χ0v) is 13.2. The number of nitrogens with zero attached hydrogens (tertiary/aromatic N) is 2. The number of carbonyl (C=O) groups is 1. The highest BCUT2D eigenvalue weighted by Crippen LogP contribution is 2.18. The van der Waals surface area contributed by atoms with Crippen LogP contribution in [-0.4, -0.2) is 49.9 Å². The van der Waals surface area contributed by atoms with E-state index in [1.54, 1.807) is 19.1 Å². The van der Waals surface area contributed by atoms with E-state index < -0.39 is 9.84 Å².